The van der Waals surface area contributed by atoms with E-state index in [9.17, 15) is 14.7 Å². The molecule has 5 nitrogen and oxygen atoms in total. The predicted molar refractivity (Wildman–Crippen MR) is 247 cm³/mol. The van der Waals surface area contributed by atoms with Crippen LogP contribution in [0.2, 0.25) is 0 Å². The summed E-state index contributed by atoms with van der Waals surface area (Å²) in [6.45, 7) is 4.17. The number of carbonyl (C=O) groups is 2. The van der Waals surface area contributed by atoms with Gasteiger partial charge in [-0.3, -0.25) is 9.59 Å². The average molecular weight is 805 g/mol. The number of unbranched alkanes of at least 4 members (excludes halogenated alkanes) is 38. The van der Waals surface area contributed by atoms with Crippen molar-refractivity contribution < 1.29 is 24.2 Å². The third-order valence-corrected chi connectivity index (χ3v) is 11.8. The zero-order chi connectivity index (χ0) is 41.4. The second kappa shape index (κ2) is 49.0. The Bertz CT molecular complexity index is 825. The predicted octanol–water partition coefficient (Wildman–Crippen LogP) is 16.8. The van der Waals surface area contributed by atoms with Crippen molar-refractivity contribution in [2.75, 3.05) is 13.2 Å². The van der Waals surface area contributed by atoms with E-state index in [0.29, 0.717) is 12.8 Å². The van der Waals surface area contributed by atoms with E-state index in [1.54, 1.807) is 0 Å². The number of carbonyl (C=O) groups excluding carboxylic acids is 2. The van der Waals surface area contributed by atoms with E-state index in [2.05, 4.69) is 26.0 Å². The third-order valence-electron chi connectivity index (χ3n) is 11.8. The molecule has 0 amide bonds. The number of aliphatic hydroxyl groups excluding tert-OH is 1. The van der Waals surface area contributed by atoms with Crippen molar-refractivity contribution in [1.82, 2.24) is 0 Å². The van der Waals surface area contributed by atoms with Crippen LogP contribution in [-0.4, -0.2) is 36.4 Å². The number of hydrogen-bond donors (Lipinski definition) is 1. The maximum Gasteiger partial charge on any atom is 0.306 e. The van der Waals surface area contributed by atoms with Crippen molar-refractivity contribution in [1.29, 1.82) is 0 Å². The van der Waals surface area contributed by atoms with E-state index in [4.69, 9.17) is 9.47 Å². The van der Waals surface area contributed by atoms with Crippen LogP contribution in [-0.2, 0) is 19.1 Å². The van der Waals surface area contributed by atoms with Crippen LogP contribution >= 0.6 is 0 Å². The smallest absolute Gasteiger partial charge is 0.306 e. The monoisotopic (exact) mass is 805 g/mol. The summed E-state index contributed by atoms with van der Waals surface area (Å²) in [4.78, 5) is 24.3. The first-order valence-electron chi connectivity index (χ1n) is 25.7. The number of ether oxygens (including phenoxy) is 2. The third kappa shape index (κ3) is 47.2. The van der Waals surface area contributed by atoms with Gasteiger partial charge in [0.25, 0.3) is 0 Å². The van der Waals surface area contributed by atoms with E-state index in [-0.39, 0.29) is 25.2 Å². The first-order chi connectivity index (χ1) is 28.1. The van der Waals surface area contributed by atoms with Gasteiger partial charge in [0.2, 0.25) is 0 Å². The fraction of sp³-hybridized carbons (Fsp3) is 0.923. The van der Waals surface area contributed by atoms with Crippen molar-refractivity contribution in [2.45, 2.75) is 296 Å². The molecule has 0 fully saturated rings. The molecule has 0 rings (SSSR count). The van der Waals surface area contributed by atoms with Gasteiger partial charge in [-0.15, -0.1) is 0 Å². The van der Waals surface area contributed by atoms with Crippen LogP contribution in [0.1, 0.15) is 290 Å². The van der Waals surface area contributed by atoms with Gasteiger partial charge in [-0.2, -0.15) is 0 Å². The van der Waals surface area contributed by atoms with Crippen LogP contribution in [0.5, 0.6) is 0 Å². The second-order valence-corrected chi connectivity index (χ2v) is 17.6. The summed E-state index contributed by atoms with van der Waals surface area (Å²) < 4.78 is 10.7. The minimum atomic E-state index is -0.764. The number of esters is 2. The Hall–Kier alpha value is -1.36. The van der Waals surface area contributed by atoms with Gasteiger partial charge in [0.15, 0.2) is 6.10 Å². The fourth-order valence-corrected chi connectivity index (χ4v) is 7.91. The Labute approximate surface area is 356 Å². The van der Waals surface area contributed by atoms with Crippen molar-refractivity contribution >= 4 is 11.9 Å². The van der Waals surface area contributed by atoms with Crippen LogP contribution in [0.25, 0.3) is 0 Å². The zero-order valence-electron chi connectivity index (χ0n) is 38.6. The highest BCUT2D eigenvalue weighted by molar-refractivity contribution is 5.70. The molecule has 0 aliphatic heterocycles. The standard InChI is InChI=1S/C52H100O5/c1-3-5-7-9-11-13-15-17-18-19-20-21-22-23-24-25-26-27-28-29-30-31-32-33-34-35-37-39-41-43-45-47-52(55)57-50(48-53)49-56-51(54)46-44-42-40-38-36-16-14-12-10-8-6-4-2/h19-20,50,53H,3-18,21-49H2,1-2H3/b20-19-. The average Bonchev–Trinajstić information content (AvgIpc) is 3.21. The van der Waals surface area contributed by atoms with Crippen molar-refractivity contribution in [3.63, 3.8) is 0 Å². The lowest BCUT2D eigenvalue weighted by Crippen LogP contribution is -2.28. The summed E-state index contributed by atoms with van der Waals surface area (Å²) in [5, 5.41) is 9.59. The summed E-state index contributed by atoms with van der Waals surface area (Å²) in [6, 6.07) is 0. The van der Waals surface area contributed by atoms with Gasteiger partial charge in [0.05, 0.1) is 6.61 Å². The lowest BCUT2D eigenvalue weighted by atomic mass is 10.0. The Balaban J connectivity index is 3.38. The number of hydrogen-bond acceptors (Lipinski definition) is 5. The lowest BCUT2D eigenvalue weighted by Gasteiger charge is -2.15. The van der Waals surface area contributed by atoms with Gasteiger partial charge < -0.3 is 14.6 Å². The van der Waals surface area contributed by atoms with Crippen LogP contribution in [0.15, 0.2) is 12.2 Å². The quantitative estimate of drug-likeness (QED) is 0.0377. The lowest BCUT2D eigenvalue weighted by molar-refractivity contribution is -0.161. The van der Waals surface area contributed by atoms with Crippen LogP contribution in [0.3, 0.4) is 0 Å². The number of allylic oxidation sites excluding steroid dienone is 2. The molecule has 57 heavy (non-hydrogen) atoms. The van der Waals surface area contributed by atoms with Gasteiger partial charge in [-0.1, -0.05) is 251 Å². The molecule has 1 unspecified atom stereocenters. The highest BCUT2D eigenvalue weighted by Crippen LogP contribution is 2.17. The largest absolute Gasteiger partial charge is 0.462 e. The molecule has 0 saturated carbocycles. The highest BCUT2D eigenvalue weighted by atomic mass is 16.6. The van der Waals surface area contributed by atoms with Gasteiger partial charge in [-0.25, -0.2) is 0 Å². The Morgan fingerprint density at radius 1 is 0.386 bits per heavy atom. The molecule has 338 valence electrons. The summed E-state index contributed by atoms with van der Waals surface area (Å²) in [6.07, 6.45) is 59.0. The molecular formula is C52H100O5. The van der Waals surface area contributed by atoms with E-state index in [1.165, 1.54) is 231 Å². The number of rotatable bonds is 48. The van der Waals surface area contributed by atoms with Crippen molar-refractivity contribution in [3.05, 3.63) is 12.2 Å². The molecule has 0 aromatic heterocycles. The van der Waals surface area contributed by atoms with Crippen molar-refractivity contribution in [3.8, 4) is 0 Å². The minimum Gasteiger partial charge on any atom is -0.462 e. The molecule has 5 heteroatoms. The van der Waals surface area contributed by atoms with Crippen LogP contribution < -0.4 is 0 Å². The zero-order valence-corrected chi connectivity index (χ0v) is 38.6. The Morgan fingerprint density at radius 2 is 0.649 bits per heavy atom. The summed E-state index contributed by atoms with van der Waals surface area (Å²) in [5.41, 5.74) is 0. The number of aliphatic hydroxyl groups is 1. The Morgan fingerprint density at radius 3 is 0.947 bits per heavy atom. The van der Waals surface area contributed by atoms with E-state index in [0.717, 1.165) is 32.1 Å². The molecule has 0 aromatic rings. The van der Waals surface area contributed by atoms with Gasteiger partial charge in [0, 0.05) is 12.8 Å². The molecule has 0 spiro atoms. The second-order valence-electron chi connectivity index (χ2n) is 17.6. The highest BCUT2D eigenvalue weighted by Gasteiger charge is 2.16. The molecule has 0 heterocycles. The Kier molecular flexibility index (Phi) is 47.8. The molecule has 0 radical (unpaired) electrons. The fourth-order valence-electron chi connectivity index (χ4n) is 7.91. The van der Waals surface area contributed by atoms with Gasteiger partial charge in [-0.05, 0) is 38.5 Å². The van der Waals surface area contributed by atoms with E-state index in [1.807, 2.05) is 0 Å². The molecule has 0 saturated heterocycles. The summed E-state index contributed by atoms with van der Waals surface area (Å²) in [7, 11) is 0. The molecule has 1 N–H and O–H groups in total. The first kappa shape index (κ1) is 55.6. The normalized spacial score (nSPS) is 12.1. The van der Waals surface area contributed by atoms with Crippen LogP contribution in [0.4, 0.5) is 0 Å². The van der Waals surface area contributed by atoms with Gasteiger partial charge >= 0.3 is 11.9 Å². The van der Waals surface area contributed by atoms with Crippen molar-refractivity contribution in [2.24, 2.45) is 0 Å². The van der Waals surface area contributed by atoms with Gasteiger partial charge in [0.1, 0.15) is 6.61 Å². The maximum atomic E-state index is 12.2. The van der Waals surface area contributed by atoms with Crippen LogP contribution in [0, 0.1) is 0 Å². The minimum absolute atomic E-state index is 0.0580. The first-order valence-corrected chi connectivity index (χ1v) is 25.7. The SMILES string of the molecule is CCCCCCCCCC/C=C\CCCCCCCCCCCCCCCCCCCCCC(=O)OC(CO)COC(=O)CCCCCCCCCCCCCC. The molecule has 0 aliphatic carbocycles. The molecular weight excluding hydrogens is 705 g/mol. The molecule has 0 aliphatic rings. The maximum absolute atomic E-state index is 12.2. The topological polar surface area (TPSA) is 72.8 Å². The van der Waals surface area contributed by atoms with E-state index >= 15 is 0 Å². The molecule has 0 aromatic carbocycles. The van der Waals surface area contributed by atoms with E-state index < -0.39 is 6.10 Å². The summed E-state index contributed by atoms with van der Waals surface area (Å²) in [5.74, 6) is -0.573. The molecule has 0 bridgehead atoms. The molecule has 1 atom stereocenters. The summed E-state index contributed by atoms with van der Waals surface area (Å²) >= 11 is 0.